The van der Waals surface area contributed by atoms with Crippen molar-refractivity contribution in [3.8, 4) is 0 Å². The molecule has 0 aromatic rings. The summed E-state index contributed by atoms with van der Waals surface area (Å²) in [6.07, 6.45) is 18.7. The Kier molecular flexibility index (Phi) is 22.3. The molecule has 0 radical (unpaired) electrons. The van der Waals surface area contributed by atoms with Gasteiger partial charge in [0.05, 0.1) is 0 Å². The predicted octanol–water partition coefficient (Wildman–Crippen LogP) is 7.13. The van der Waals surface area contributed by atoms with Crippen LogP contribution in [0.25, 0.3) is 0 Å². The number of carbonyl (C=O) groups is 2. The Hall–Kier alpha value is -1.10. The van der Waals surface area contributed by atoms with E-state index in [1.165, 1.54) is 64.2 Å². The van der Waals surface area contributed by atoms with Gasteiger partial charge in [0.1, 0.15) is 19.3 Å². The Morgan fingerprint density at radius 2 is 1.00 bits per heavy atom. The SMILES string of the molecule is CCCCCCCCCCCC(=O)OC[C@@H](O)COC(=O)CCCCCCCCC(C)C. The fourth-order valence-corrected chi connectivity index (χ4v) is 3.68. The first-order valence-electron chi connectivity index (χ1n) is 13.4. The lowest BCUT2D eigenvalue weighted by atomic mass is 10.0. The van der Waals surface area contributed by atoms with Crippen LogP contribution in [0.3, 0.4) is 0 Å². The minimum absolute atomic E-state index is 0.111. The molecular formula is C27H52O5. The van der Waals surface area contributed by atoms with Crippen LogP contribution < -0.4 is 0 Å². The summed E-state index contributed by atoms with van der Waals surface area (Å²) >= 11 is 0. The number of aliphatic hydroxyl groups excluding tert-OH is 1. The number of ether oxygens (including phenoxy) is 2. The van der Waals surface area contributed by atoms with Gasteiger partial charge in [-0.2, -0.15) is 0 Å². The fourth-order valence-electron chi connectivity index (χ4n) is 3.68. The zero-order valence-electron chi connectivity index (χ0n) is 21.4. The van der Waals surface area contributed by atoms with Crippen LogP contribution in [0.2, 0.25) is 0 Å². The van der Waals surface area contributed by atoms with Gasteiger partial charge in [0.15, 0.2) is 0 Å². The Labute approximate surface area is 198 Å². The summed E-state index contributed by atoms with van der Waals surface area (Å²) in [5, 5.41) is 9.85. The highest BCUT2D eigenvalue weighted by Gasteiger charge is 2.12. The highest BCUT2D eigenvalue weighted by atomic mass is 16.6. The summed E-state index contributed by atoms with van der Waals surface area (Å²) in [5.74, 6) is 0.208. The van der Waals surface area contributed by atoms with E-state index in [2.05, 4.69) is 20.8 Å². The zero-order valence-corrected chi connectivity index (χ0v) is 21.4. The average molecular weight is 457 g/mol. The van der Waals surface area contributed by atoms with Crippen LogP contribution in [0.15, 0.2) is 0 Å². The van der Waals surface area contributed by atoms with Crippen LogP contribution in [-0.4, -0.2) is 36.4 Å². The summed E-state index contributed by atoms with van der Waals surface area (Å²) < 4.78 is 10.2. The minimum Gasteiger partial charge on any atom is -0.463 e. The van der Waals surface area contributed by atoms with Crippen molar-refractivity contribution in [3.05, 3.63) is 0 Å². The van der Waals surface area contributed by atoms with Gasteiger partial charge in [-0.05, 0) is 18.8 Å². The summed E-state index contributed by atoms with van der Waals surface area (Å²) in [6, 6.07) is 0. The van der Waals surface area contributed by atoms with Gasteiger partial charge < -0.3 is 14.6 Å². The molecule has 0 unspecified atom stereocenters. The Balaban J connectivity index is 3.46. The van der Waals surface area contributed by atoms with Crippen molar-refractivity contribution in [3.63, 3.8) is 0 Å². The molecule has 190 valence electrons. The van der Waals surface area contributed by atoms with Crippen molar-refractivity contribution in [2.75, 3.05) is 13.2 Å². The number of rotatable bonds is 23. The molecule has 0 spiro atoms. The molecule has 0 bridgehead atoms. The van der Waals surface area contributed by atoms with E-state index in [4.69, 9.17) is 9.47 Å². The van der Waals surface area contributed by atoms with E-state index in [1.54, 1.807) is 0 Å². The van der Waals surface area contributed by atoms with Crippen LogP contribution in [-0.2, 0) is 19.1 Å². The second-order valence-corrected chi connectivity index (χ2v) is 9.65. The molecule has 0 aliphatic carbocycles. The highest BCUT2D eigenvalue weighted by Crippen LogP contribution is 2.13. The molecule has 5 heteroatoms. The van der Waals surface area contributed by atoms with Gasteiger partial charge in [-0.1, -0.05) is 111 Å². The number of esters is 2. The van der Waals surface area contributed by atoms with Crippen molar-refractivity contribution < 1.29 is 24.2 Å². The second kappa shape index (κ2) is 23.1. The standard InChI is InChI=1S/C27H52O5/c1-4-5-6-7-8-9-10-14-17-20-26(29)31-22-25(28)23-32-27(30)21-18-15-12-11-13-16-19-24(2)3/h24-25,28H,4-23H2,1-3H3/t25-/m1/s1. The molecule has 0 aliphatic heterocycles. The van der Waals surface area contributed by atoms with Gasteiger partial charge in [-0.25, -0.2) is 0 Å². The van der Waals surface area contributed by atoms with Crippen LogP contribution in [0.5, 0.6) is 0 Å². The fraction of sp³-hybridized carbons (Fsp3) is 0.926. The number of hydrogen-bond acceptors (Lipinski definition) is 5. The first-order valence-corrected chi connectivity index (χ1v) is 13.4. The van der Waals surface area contributed by atoms with Crippen molar-refractivity contribution in [2.45, 2.75) is 142 Å². The maximum atomic E-state index is 11.8. The van der Waals surface area contributed by atoms with Crippen molar-refractivity contribution in [1.82, 2.24) is 0 Å². The number of aliphatic hydroxyl groups is 1. The van der Waals surface area contributed by atoms with Crippen LogP contribution in [0.1, 0.15) is 136 Å². The molecule has 0 heterocycles. The number of hydrogen-bond donors (Lipinski definition) is 1. The number of carbonyl (C=O) groups excluding carboxylic acids is 2. The monoisotopic (exact) mass is 456 g/mol. The minimum atomic E-state index is -0.952. The van der Waals surface area contributed by atoms with Gasteiger partial charge in [0.2, 0.25) is 0 Å². The van der Waals surface area contributed by atoms with E-state index in [0.29, 0.717) is 12.8 Å². The Bertz CT molecular complexity index is 436. The molecule has 0 fully saturated rings. The summed E-state index contributed by atoms with van der Waals surface area (Å²) in [5.41, 5.74) is 0. The highest BCUT2D eigenvalue weighted by molar-refractivity contribution is 5.69. The van der Waals surface area contributed by atoms with E-state index in [1.807, 2.05) is 0 Å². The summed E-state index contributed by atoms with van der Waals surface area (Å²) in [4.78, 5) is 23.5. The lowest BCUT2D eigenvalue weighted by Gasteiger charge is -2.12. The largest absolute Gasteiger partial charge is 0.463 e. The summed E-state index contributed by atoms with van der Waals surface area (Å²) in [6.45, 7) is 6.51. The van der Waals surface area contributed by atoms with Gasteiger partial charge in [-0.3, -0.25) is 9.59 Å². The van der Waals surface area contributed by atoms with Crippen molar-refractivity contribution >= 4 is 11.9 Å². The zero-order chi connectivity index (χ0) is 23.9. The molecule has 0 rings (SSSR count). The third kappa shape index (κ3) is 23.6. The van der Waals surface area contributed by atoms with Crippen molar-refractivity contribution in [2.24, 2.45) is 5.92 Å². The van der Waals surface area contributed by atoms with E-state index >= 15 is 0 Å². The first-order chi connectivity index (χ1) is 15.5. The molecule has 0 amide bonds. The van der Waals surface area contributed by atoms with Gasteiger partial charge >= 0.3 is 11.9 Å². The molecule has 1 N–H and O–H groups in total. The molecule has 0 saturated carbocycles. The average Bonchev–Trinajstić information content (AvgIpc) is 2.76. The smallest absolute Gasteiger partial charge is 0.305 e. The molecule has 32 heavy (non-hydrogen) atoms. The maximum absolute atomic E-state index is 11.8. The van der Waals surface area contributed by atoms with E-state index in [9.17, 15) is 14.7 Å². The van der Waals surface area contributed by atoms with E-state index in [0.717, 1.165) is 44.4 Å². The predicted molar refractivity (Wildman–Crippen MR) is 132 cm³/mol. The lowest BCUT2D eigenvalue weighted by Crippen LogP contribution is -2.25. The topological polar surface area (TPSA) is 72.8 Å². The molecule has 0 aromatic carbocycles. The summed E-state index contributed by atoms with van der Waals surface area (Å²) in [7, 11) is 0. The molecule has 0 aromatic heterocycles. The van der Waals surface area contributed by atoms with Crippen LogP contribution in [0, 0.1) is 5.92 Å². The third-order valence-corrected chi connectivity index (χ3v) is 5.77. The molecule has 5 nitrogen and oxygen atoms in total. The second-order valence-electron chi connectivity index (χ2n) is 9.65. The Morgan fingerprint density at radius 1 is 0.625 bits per heavy atom. The first kappa shape index (κ1) is 30.9. The quantitative estimate of drug-likeness (QED) is 0.131. The van der Waals surface area contributed by atoms with Crippen LogP contribution >= 0.6 is 0 Å². The molecule has 0 aliphatic rings. The molecule has 0 saturated heterocycles. The van der Waals surface area contributed by atoms with E-state index < -0.39 is 6.10 Å². The Morgan fingerprint density at radius 3 is 1.41 bits per heavy atom. The number of unbranched alkanes of at least 4 members (excludes halogenated alkanes) is 13. The molecular weight excluding hydrogens is 404 g/mol. The van der Waals surface area contributed by atoms with Crippen molar-refractivity contribution in [1.29, 1.82) is 0 Å². The van der Waals surface area contributed by atoms with Gasteiger partial charge in [0, 0.05) is 12.8 Å². The normalized spacial score (nSPS) is 12.2. The lowest BCUT2D eigenvalue weighted by molar-refractivity contribution is -0.152. The van der Waals surface area contributed by atoms with E-state index in [-0.39, 0.29) is 25.2 Å². The van der Waals surface area contributed by atoms with Crippen LogP contribution in [0.4, 0.5) is 0 Å². The van der Waals surface area contributed by atoms with Gasteiger partial charge in [0.25, 0.3) is 0 Å². The third-order valence-electron chi connectivity index (χ3n) is 5.77. The van der Waals surface area contributed by atoms with Gasteiger partial charge in [-0.15, -0.1) is 0 Å². The maximum Gasteiger partial charge on any atom is 0.305 e. The molecule has 1 atom stereocenters.